The molecule has 0 aromatic carbocycles. The quantitative estimate of drug-likeness (QED) is 0.369. The van der Waals surface area contributed by atoms with Crippen molar-refractivity contribution in [2.75, 3.05) is 13.2 Å². The van der Waals surface area contributed by atoms with Crippen molar-refractivity contribution in [1.29, 1.82) is 0 Å². The summed E-state index contributed by atoms with van der Waals surface area (Å²) in [5, 5.41) is 11.0. The van der Waals surface area contributed by atoms with Crippen LogP contribution in [0, 0.1) is 10.1 Å². The average molecular weight is 466 g/mol. The van der Waals surface area contributed by atoms with Crippen molar-refractivity contribution < 1.29 is 9.66 Å². The van der Waals surface area contributed by atoms with Crippen molar-refractivity contribution in [3.8, 4) is 0 Å². The van der Waals surface area contributed by atoms with Crippen molar-refractivity contribution in [1.82, 2.24) is 12.3 Å². The van der Waals surface area contributed by atoms with Gasteiger partial charge in [0.25, 0.3) is 0 Å². The molecule has 0 spiro atoms. The third-order valence-corrected chi connectivity index (χ3v) is 4.48. The standard InChI is InChI=1S/C12H13N4O3.Tl/c17-16(18)10-1-2-12-11(5-10)15(3-4-19-12)7-9-6-13-8-14-9;/h2,5-6,8,10H,1,3-4,7H2;/q-1;+1. The van der Waals surface area contributed by atoms with Crippen molar-refractivity contribution in [2.24, 2.45) is 0 Å². The fourth-order valence-corrected chi connectivity index (χ4v) is 3.34. The second kappa shape index (κ2) is 5.54. The van der Waals surface area contributed by atoms with Crippen LogP contribution < -0.4 is 0 Å². The predicted octanol–water partition coefficient (Wildman–Crippen LogP) is 0.464. The first-order valence-electron chi connectivity index (χ1n) is 6.35. The number of nitro groups is 1. The van der Waals surface area contributed by atoms with Gasteiger partial charge in [-0.25, -0.2) is 0 Å². The van der Waals surface area contributed by atoms with E-state index in [1.807, 2.05) is 18.6 Å². The summed E-state index contributed by atoms with van der Waals surface area (Å²) in [5.74, 6) is 0.765. The summed E-state index contributed by atoms with van der Waals surface area (Å²) >= 11 is 0.703. The Kier molecular flexibility index (Phi) is 3.77. The SMILES string of the molecule is O=[N+]([O-])C1C=C2C(=CC1)OCCN2Cc1c[n]([Tl])cn1. The molecule has 20 heavy (non-hydrogen) atoms. The number of aromatic nitrogens is 2. The van der Waals surface area contributed by atoms with Gasteiger partial charge in [0.05, 0.1) is 0 Å². The maximum absolute atomic E-state index is 11.0. The molecule has 1 aromatic rings. The van der Waals surface area contributed by atoms with E-state index < -0.39 is 6.04 Å². The van der Waals surface area contributed by atoms with E-state index in [1.54, 1.807) is 6.08 Å². The molecule has 8 heteroatoms. The molecule has 0 N–H and O–H groups in total. The number of ether oxygens (including phenoxy) is 1. The van der Waals surface area contributed by atoms with Gasteiger partial charge in [0.1, 0.15) is 0 Å². The first-order chi connectivity index (χ1) is 9.63. The third-order valence-electron chi connectivity index (χ3n) is 3.39. The average Bonchev–Trinajstić information content (AvgIpc) is 2.84. The molecule has 1 fully saturated rings. The molecule has 2 aliphatic rings. The Bertz CT molecular complexity index is 595. The number of hydrogen-bond donors (Lipinski definition) is 0. The van der Waals surface area contributed by atoms with Crippen LogP contribution >= 0.6 is 0 Å². The number of rotatable bonds is 3. The molecular formula is C12H13N4O3Tl. The number of morpholine rings is 1. The van der Waals surface area contributed by atoms with Gasteiger partial charge in [-0.15, -0.1) is 0 Å². The minimum absolute atomic E-state index is 0.249. The summed E-state index contributed by atoms with van der Waals surface area (Å²) in [7, 11) is 0. The number of imidazole rings is 1. The van der Waals surface area contributed by atoms with E-state index in [4.69, 9.17) is 4.74 Å². The van der Waals surface area contributed by atoms with Crippen LogP contribution in [0.25, 0.3) is 0 Å². The fourth-order valence-electron chi connectivity index (χ4n) is 2.41. The van der Waals surface area contributed by atoms with Gasteiger partial charge in [0.15, 0.2) is 0 Å². The summed E-state index contributed by atoms with van der Waals surface area (Å²) in [6.45, 7) is 2.00. The molecule has 1 atom stereocenters. The maximum atomic E-state index is 11.0. The van der Waals surface area contributed by atoms with Crippen LogP contribution in [0.3, 0.4) is 0 Å². The zero-order valence-corrected chi connectivity index (χ0v) is 15.3. The Morgan fingerprint density at radius 2 is 2.45 bits per heavy atom. The zero-order valence-electron chi connectivity index (χ0n) is 10.8. The van der Waals surface area contributed by atoms with E-state index in [0.717, 1.165) is 23.7 Å². The zero-order chi connectivity index (χ0) is 14.1. The molecule has 1 aliphatic heterocycles. The van der Waals surface area contributed by atoms with Gasteiger partial charge >= 0.3 is 132 Å². The molecule has 1 saturated heterocycles. The summed E-state index contributed by atoms with van der Waals surface area (Å²) in [5.41, 5.74) is 1.81. The van der Waals surface area contributed by atoms with E-state index in [9.17, 15) is 10.1 Å². The van der Waals surface area contributed by atoms with Gasteiger partial charge in [0.2, 0.25) is 0 Å². The topological polar surface area (TPSA) is 73.4 Å². The molecule has 2 heterocycles. The van der Waals surface area contributed by atoms with Gasteiger partial charge in [0, 0.05) is 0 Å². The number of fused-ring (bicyclic) bond motifs is 1. The molecule has 3 rings (SSSR count). The Morgan fingerprint density at radius 1 is 1.60 bits per heavy atom. The van der Waals surface area contributed by atoms with E-state index in [1.165, 1.54) is 0 Å². The minimum atomic E-state index is -0.657. The van der Waals surface area contributed by atoms with Gasteiger partial charge in [-0.05, 0) is 0 Å². The Balaban J connectivity index is 1.82. The predicted molar refractivity (Wildman–Crippen MR) is 71.3 cm³/mol. The van der Waals surface area contributed by atoms with Crippen LogP contribution in [-0.4, -0.2) is 62.4 Å². The monoisotopic (exact) mass is 466 g/mol. The summed E-state index contributed by atoms with van der Waals surface area (Å²) < 4.78 is 7.65. The second-order valence-electron chi connectivity index (χ2n) is 4.79. The van der Waals surface area contributed by atoms with E-state index in [-0.39, 0.29) is 4.92 Å². The summed E-state index contributed by atoms with van der Waals surface area (Å²) in [4.78, 5) is 17.2. The van der Waals surface area contributed by atoms with E-state index in [2.05, 4.69) is 12.3 Å². The van der Waals surface area contributed by atoms with Crippen LogP contribution in [0.1, 0.15) is 12.1 Å². The first kappa shape index (κ1) is 13.6. The van der Waals surface area contributed by atoms with Crippen LogP contribution in [0.4, 0.5) is 0 Å². The van der Waals surface area contributed by atoms with Crippen molar-refractivity contribution in [3.63, 3.8) is 0 Å². The molecule has 7 nitrogen and oxygen atoms in total. The van der Waals surface area contributed by atoms with Crippen LogP contribution in [0.2, 0.25) is 0 Å². The normalized spacial score (nSPS) is 21.6. The molecule has 0 radical (unpaired) electrons. The van der Waals surface area contributed by atoms with E-state index in [0.29, 0.717) is 45.6 Å². The molecule has 102 valence electrons. The molecule has 0 amide bonds. The van der Waals surface area contributed by atoms with Crippen LogP contribution in [0.5, 0.6) is 0 Å². The molecule has 1 aromatic heterocycles. The van der Waals surface area contributed by atoms with Gasteiger partial charge < -0.3 is 0 Å². The van der Waals surface area contributed by atoms with Gasteiger partial charge in [-0.2, -0.15) is 0 Å². The number of hydrogen-bond acceptors (Lipinski definition) is 5. The number of nitrogens with zero attached hydrogens (tertiary/aromatic N) is 4. The fraction of sp³-hybridized carbons (Fsp3) is 0.417. The van der Waals surface area contributed by atoms with Gasteiger partial charge in [-0.1, -0.05) is 0 Å². The van der Waals surface area contributed by atoms with Crippen LogP contribution in [0.15, 0.2) is 36.1 Å². The third kappa shape index (κ3) is 2.72. The Hall–Kier alpha value is -1.39. The summed E-state index contributed by atoms with van der Waals surface area (Å²) in [6.07, 6.45) is 7.77. The van der Waals surface area contributed by atoms with Crippen molar-refractivity contribution in [2.45, 2.75) is 19.0 Å². The Morgan fingerprint density at radius 3 is 3.15 bits per heavy atom. The van der Waals surface area contributed by atoms with Crippen molar-refractivity contribution in [3.05, 3.63) is 51.9 Å². The van der Waals surface area contributed by atoms with Gasteiger partial charge in [-0.3, -0.25) is 0 Å². The Labute approximate surface area is 132 Å². The van der Waals surface area contributed by atoms with Crippen LogP contribution in [-0.2, 0) is 11.3 Å². The molecular weight excluding hydrogens is 453 g/mol. The molecule has 1 unspecified atom stereocenters. The van der Waals surface area contributed by atoms with E-state index >= 15 is 0 Å². The molecule has 0 saturated carbocycles. The summed E-state index contributed by atoms with van der Waals surface area (Å²) in [6, 6.07) is -0.657. The first-order valence-corrected chi connectivity index (χ1v) is 8.36. The molecule has 0 bridgehead atoms. The van der Waals surface area contributed by atoms with Crippen molar-refractivity contribution >= 4 is 26.1 Å². The molecule has 1 aliphatic carbocycles. The second-order valence-corrected chi connectivity index (χ2v) is 7.11.